The van der Waals surface area contributed by atoms with Crippen molar-refractivity contribution in [1.82, 2.24) is 16.0 Å². The average Bonchev–Trinajstić information content (AvgIpc) is 2.65. The summed E-state index contributed by atoms with van der Waals surface area (Å²) in [5.74, 6) is 2.01. The lowest BCUT2D eigenvalue weighted by atomic mass is 10.0. The first-order valence-corrected chi connectivity index (χ1v) is 9.04. The highest BCUT2D eigenvalue weighted by molar-refractivity contribution is 14.0. The van der Waals surface area contributed by atoms with Gasteiger partial charge in [-0.1, -0.05) is 38.8 Å². The Bertz CT molecular complexity index is 531. The summed E-state index contributed by atoms with van der Waals surface area (Å²) in [7, 11) is 1.63. The first-order valence-electron chi connectivity index (χ1n) is 9.04. The number of benzene rings is 1. The maximum Gasteiger partial charge on any atom is 0.242 e. The number of nitrogens with one attached hydrogen (secondary N) is 3. The molecule has 1 rings (SSSR count). The minimum atomic E-state index is -0.101. The van der Waals surface area contributed by atoms with Gasteiger partial charge in [-0.3, -0.25) is 4.79 Å². The number of hydrogen-bond donors (Lipinski definition) is 3. The zero-order valence-corrected chi connectivity index (χ0v) is 18.6. The summed E-state index contributed by atoms with van der Waals surface area (Å²) < 4.78 is 5.12. The second kappa shape index (κ2) is 14.6. The molecule has 0 saturated heterocycles. The lowest BCUT2D eigenvalue weighted by Crippen LogP contribution is -2.40. The van der Waals surface area contributed by atoms with Gasteiger partial charge in [0.05, 0.1) is 7.11 Å². The number of ether oxygens (including phenoxy) is 1. The van der Waals surface area contributed by atoms with Gasteiger partial charge in [0.25, 0.3) is 0 Å². The first-order chi connectivity index (χ1) is 12.1. The highest BCUT2D eigenvalue weighted by Crippen LogP contribution is 2.10. The molecule has 0 heterocycles. The zero-order chi connectivity index (χ0) is 18.5. The number of aliphatic imine (C=N–C) groups is 1. The lowest BCUT2D eigenvalue weighted by Gasteiger charge is -2.16. The van der Waals surface area contributed by atoms with E-state index in [-0.39, 0.29) is 36.4 Å². The third kappa shape index (κ3) is 9.84. The van der Waals surface area contributed by atoms with E-state index >= 15 is 0 Å². The maximum absolute atomic E-state index is 12.0. The minimum Gasteiger partial charge on any atom is -0.497 e. The number of guanidine groups is 1. The van der Waals surface area contributed by atoms with Crippen LogP contribution >= 0.6 is 24.0 Å². The van der Waals surface area contributed by atoms with Crippen molar-refractivity contribution in [3.8, 4) is 5.75 Å². The molecule has 26 heavy (non-hydrogen) atoms. The van der Waals surface area contributed by atoms with E-state index in [1.165, 1.54) is 0 Å². The third-order valence-corrected chi connectivity index (χ3v) is 4.09. The molecule has 0 aromatic heterocycles. The summed E-state index contributed by atoms with van der Waals surface area (Å²) >= 11 is 0. The number of hydrogen-bond acceptors (Lipinski definition) is 3. The Balaban J connectivity index is 0.00000625. The number of amides is 1. The van der Waals surface area contributed by atoms with E-state index in [4.69, 9.17) is 4.74 Å². The van der Waals surface area contributed by atoms with Crippen LogP contribution in [0.25, 0.3) is 0 Å². The van der Waals surface area contributed by atoms with E-state index in [9.17, 15) is 4.79 Å². The average molecular weight is 476 g/mol. The normalized spacial score (nSPS) is 10.9. The number of carbonyl (C=O) groups excluding carboxylic acids is 1. The molecule has 7 heteroatoms. The van der Waals surface area contributed by atoms with Crippen molar-refractivity contribution < 1.29 is 9.53 Å². The van der Waals surface area contributed by atoms with E-state index in [2.05, 4.69) is 34.8 Å². The Morgan fingerprint density at radius 3 is 2.27 bits per heavy atom. The molecule has 1 amide bonds. The van der Waals surface area contributed by atoms with E-state index < -0.39 is 0 Å². The van der Waals surface area contributed by atoms with Crippen molar-refractivity contribution in [2.24, 2.45) is 10.9 Å². The van der Waals surface area contributed by atoms with Crippen LogP contribution in [0.2, 0.25) is 0 Å². The van der Waals surface area contributed by atoms with Gasteiger partial charge in [-0.05, 0) is 30.5 Å². The SMILES string of the molecule is CCNC(=NCC(=O)NCc1ccc(OC)cc1)NCC(CC)CC.I. The number of carbonyl (C=O) groups is 1. The molecule has 0 spiro atoms. The molecule has 0 aliphatic rings. The van der Waals surface area contributed by atoms with E-state index in [1.807, 2.05) is 31.2 Å². The van der Waals surface area contributed by atoms with E-state index in [1.54, 1.807) is 7.11 Å². The van der Waals surface area contributed by atoms with Crippen LogP contribution in [0.1, 0.15) is 39.2 Å². The van der Waals surface area contributed by atoms with Gasteiger partial charge in [-0.15, -0.1) is 24.0 Å². The van der Waals surface area contributed by atoms with Gasteiger partial charge in [0.1, 0.15) is 12.3 Å². The van der Waals surface area contributed by atoms with Gasteiger partial charge >= 0.3 is 0 Å². The smallest absolute Gasteiger partial charge is 0.242 e. The van der Waals surface area contributed by atoms with Crippen LogP contribution in [0, 0.1) is 5.92 Å². The highest BCUT2D eigenvalue weighted by atomic mass is 127. The first kappa shape index (κ1) is 24.5. The predicted molar refractivity (Wildman–Crippen MR) is 118 cm³/mol. The third-order valence-electron chi connectivity index (χ3n) is 4.09. The predicted octanol–water partition coefficient (Wildman–Crippen LogP) is 2.92. The van der Waals surface area contributed by atoms with Crippen molar-refractivity contribution in [2.45, 2.75) is 40.2 Å². The van der Waals surface area contributed by atoms with Crippen molar-refractivity contribution in [3.63, 3.8) is 0 Å². The molecule has 6 nitrogen and oxygen atoms in total. The molecule has 0 fully saturated rings. The van der Waals surface area contributed by atoms with Gasteiger partial charge in [-0.2, -0.15) is 0 Å². The molecule has 1 aromatic rings. The summed E-state index contributed by atoms with van der Waals surface area (Å²) in [5.41, 5.74) is 1.02. The zero-order valence-electron chi connectivity index (χ0n) is 16.3. The molecule has 148 valence electrons. The summed E-state index contributed by atoms with van der Waals surface area (Å²) in [6.07, 6.45) is 2.26. The minimum absolute atomic E-state index is 0. The van der Waals surface area contributed by atoms with Crippen LogP contribution < -0.4 is 20.7 Å². The number of halogens is 1. The van der Waals surface area contributed by atoms with Crippen LogP contribution in [0.3, 0.4) is 0 Å². The molecule has 0 atom stereocenters. The van der Waals surface area contributed by atoms with Crippen LogP contribution in [-0.4, -0.2) is 38.6 Å². The summed E-state index contributed by atoms with van der Waals surface area (Å²) in [6.45, 7) is 8.61. The van der Waals surface area contributed by atoms with Crippen LogP contribution in [0.4, 0.5) is 0 Å². The lowest BCUT2D eigenvalue weighted by molar-refractivity contribution is -0.119. The number of methoxy groups -OCH3 is 1. The van der Waals surface area contributed by atoms with Crippen LogP contribution in [-0.2, 0) is 11.3 Å². The Kier molecular flexibility index (Phi) is 13.8. The molecule has 0 radical (unpaired) electrons. The second-order valence-corrected chi connectivity index (χ2v) is 5.88. The van der Waals surface area contributed by atoms with Gasteiger partial charge in [-0.25, -0.2) is 4.99 Å². The fourth-order valence-electron chi connectivity index (χ4n) is 2.31. The van der Waals surface area contributed by atoms with Gasteiger partial charge in [0, 0.05) is 19.6 Å². The summed E-state index contributed by atoms with van der Waals surface area (Å²) in [5, 5.41) is 9.36. The molecular formula is C19H33IN4O2. The summed E-state index contributed by atoms with van der Waals surface area (Å²) in [4.78, 5) is 16.4. The van der Waals surface area contributed by atoms with Gasteiger partial charge in [0.2, 0.25) is 5.91 Å². The molecule has 0 unspecified atom stereocenters. The van der Waals surface area contributed by atoms with Crippen LogP contribution in [0.15, 0.2) is 29.3 Å². The molecule has 0 aliphatic carbocycles. The molecule has 0 aliphatic heterocycles. The van der Waals surface area contributed by atoms with Crippen molar-refractivity contribution in [3.05, 3.63) is 29.8 Å². The molecular weight excluding hydrogens is 443 g/mol. The van der Waals surface area contributed by atoms with E-state index in [0.29, 0.717) is 18.4 Å². The number of rotatable bonds is 10. The molecule has 3 N–H and O–H groups in total. The Morgan fingerprint density at radius 1 is 1.08 bits per heavy atom. The Morgan fingerprint density at radius 2 is 1.73 bits per heavy atom. The molecule has 0 bridgehead atoms. The van der Waals surface area contributed by atoms with E-state index in [0.717, 1.165) is 37.2 Å². The largest absolute Gasteiger partial charge is 0.497 e. The fraction of sp³-hybridized carbons (Fsp3) is 0.579. The van der Waals surface area contributed by atoms with Crippen LogP contribution in [0.5, 0.6) is 5.75 Å². The fourth-order valence-corrected chi connectivity index (χ4v) is 2.31. The quantitative estimate of drug-likeness (QED) is 0.276. The molecule has 1 aromatic carbocycles. The van der Waals surface area contributed by atoms with Gasteiger partial charge < -0.3 is 20.7 Å². The van der Waals surface area contributed by atoms with Crippen molar-refractivity contribution >= 4 is 35.8 Å². The second-order valence-electron chi connectivity index (χ2n) is 5.88. The number of nitrogens with zero attached hydrogens (tertiary/aromatic N) is 1. The Labute approximate surface area is 174 Å². The van der Waals surface area contributed by atoms with Crippen molar-refractivity contribution in [1.29, 1.82) is 0 Å². The highest BCUT2D eigenvalue weighted by Gasteiger charge is 2.06. The maximum atomic E-state index is 12.0. The molecule has 0 saturated carbocycles. The standard InChI is InChI=1S/C19H32N4O2.HI/c1-5-15(6-2)12-22-19(20-7-3)23-14-18(24)21-13-16-8-10-17(25-4)11-9-16;/h8-11,15H,5-7,12-14H2,1-4H3,(H,21,24)(H2,20,22,23);1H. The topological polar surface area (TPSA) is 74.8 Å². The Hall–Kier alpha value is -1.51. The summed E-state index contributed by atoms with van der Waals surface area (Å²) in [6, 6.07) is 7.63. The van der Waals surface area contributed by atoms with Gasteiger partial charge in [0.15, 0.2) is 5.96 Å². The monoisotopic (exact) mass is 476 g/mol. The van der Waals surface area contributed by atoms with Crippen molar-refractivity contribution in [2.75, 3.05) is 26.7 Å².